The molecule has 1 aromatic carbocycles. The molecule has 1 saturated heterocycles. The second kappa shape index (κ2) is 6.40. The van der Waals surface area contributed by atoms with Gasteiger partial charge in [-0.25, -0.2) is 8.42 Å². The van der Waals surface area contributed by atoms with Crippen molar-refractivity contribution in [3.05, 3.63) is 23.8 Å². The van der Waals surface area contributed by atoms with E-state index in [-0.39, 0.29) is 17.9 Å². The molecule has 25 heavy (non-hydrogen) atoms. The van der Waals surface area contributed by atoms with Crippen LogP contribution in [-0.4, -0.2) is 37.8 Å². The van der Waals surface area contributed by atoms with Crippen LogP contribution in [0.5, 0.6) is 0 Å². The minimum absolute atomic E-state index is 0.110. The van der Waals surface area contributed by atoms with E-state index in [4.69, 9.17) is 0 Å². The Labute approximate surface area is 150 Å². The summed E-state index contributed by atoms with van der Waals surface area (Å²) in [6.07, 6.45) is 6.78. The maximum atomic E-state index is 13.0. The van der Waals surface area contributed by atoms with Crippen LogP contribution >= 0.6 is 0 Å². The number of rotatable bonds is 3. The predicted molar refractivity (Wildman–Crippen MR) is 97.0 cm³/mol. The number of anilines is 1. The summed E-state index contributed by atoms with van der Waals surface area (Å²) >= 11 is 0. The summed E-state index contributed by atoms with van der Waals surface area (Å²) in [7, 11) is -3.44. The molecule has 0 bridgehead atoms. The van der Waals surface area contributed by atoms with Gasteiger partial charge < -0.3 is 4.90 Å². The van der Waals surface area contributed by atoms with Crippen molar-refractivity contribution in [1.82, 2.24) is 4.31 Å². The third-order valence-electron chi connectivity index (χ3n) is 5.63. The standard InChI is InChI=1S/C19H26N2O3S/c1-14-12-16-13-17(25(23,24)20-10-4-2-3-5-11-20)8-9-18(16)21(14)19(22)15-6-7-15/h8-9,13-15H,2-7,10-12H2,1H3/t14-/m1/s1. The number of amides is 1. The zero-order valence-electron chi connectivity index (χ0n) is 14.8. The second-order valence-corrected chi connectivity index (χ2v) is 9.58. The summed E-state index contributed by atoms with van der Waals surface area (Å²) < 4.78 is 27.6. The van der Waals surface area contributed by atoms with E-state index in [9.17, 15) is 13.2 Å². The molecule has 3 aliphatic rings. The molecule has 0 spiro atoms. The fraction of sp³-hybridized carbons (Fsp3) is 0.632. The highest BCUT2D eigenvalue weighted by Crippen LogP contribution is 2.39. The van der Waals surface area contributed by atoms with Crippen molar-refractivity contribution in [3.8, 4) is 0 Å². The van der Waals surface area contributed by atoms with Crippen molar-refractivity contribution < 1.29 is 13.2 Å². The summed E-state index contributed by atoms with van der Waals surface area (Å²) in [5.41, 5.74) is 1.89. The Hall–Kier alpha value is -1.40. The van der Waals surface area contributed by atoms with Gasteiger partial charge in [0.2, 0.25) is 15.9 Å². The molecule has 2 fully saturated rings. The molecule has 0 aromatic heterocycles. The first-order valence-electron chi connectivity index (χ1n) is 9.44. The lowest BCUT2D eigenvalue weighted by atomic mass is 10.1. The molecule has 1 aliphatic carbocycles. The van der Waals surface area contributed by atoms with Gasteiger partial charge in [0.1, 0.15) is 0 Å². The van der Waals surface area contributed by atoms with Gasteiger partial charge in [0.25, 0.3) is 0 Å². The lowest BCUT2D eigenvalue weighted by Crippen LogP contribution is -2.36. The molecule has 0 N–H and O–H groups in total. The summed E-state index contributed by atoms with van der Waals surface area (Å²) in [6, 6.07) is 5.43. The van der Waals surface area contributed by atoms with Crippen LogP contribution in [0.15, 0.2) is 23.1 Å². The Kier molecular flexibility index (Phi) is 4.36. The van der Waals surface area contributed by atoms with Gasteiger partial charge in [-0.3, -0.25) is 4.79 Å². The maximum absolute atomic E-state index is 13.0. The number of hydrogen-bond acceptors (Lipinski definition) is 3. The van der Waals surface area contributed by atoms with Crippen LogP contribution in [0.1, 0.15) is 51.0 Å². The number of benzene rings is 1. The van der Waals surface area contributed by atoms with E-state index in [1.807, 2.05) is 17.9 Å². The Bertz CT molecular complexity index is 778. The molecule has 1 aromatic rings. The first-order chi connectivity index (χ1) is 12.0. The van der Waals surface area contributed by atoms with Crippen LogP contribution in [0.3, 0.4) is 0 Å². The van der Waals surface area contributed by atoms with Crippen molar-refractivity contribution in [2.45, 2.75) is 62.8 Å². The Morgan fingerprint density at radius 1 is 1.08 bits per heavy atom. The minimum Gasteiger partial charge on any atom is -0.309 e. The predicted octanol–water partition coefficient (Wildman–Crippen LogP) is 2.94. The van der Waals surface area contributed by atoms with E-state index < -0.39 is 10.0 Å². The van der Waals surface area contributed by atoms with E-state index in [2.05, 4.69) is 0 Å². The number of sulfonamides is 1. The summed E-state index contributed by atoms with van der Waals surface area (Å²) in [6.45, 7) is 3.27. The molecule has 0 unspecified atom stereocenters. The SMILES string of the molecule is C[C@@H]1Cc2cc(S(=O)(=O)N3CCCCCC3)ccc2N1C(=O)C1CC1. The smallest absolute Gasteiger partial charge is 0.243 e. The number of carbonyl (C=O) groups excluding carboxylic acids is 1. The average molecular weight is 362 g/mol. The monoisotopic (exact) mass is 362 g/mol. The quantitative estimate of drug-likeness (QED) is 0.831. The van der Waals surface area contributed by atoms with Gasteiger partial charge in [-0.1, -0.05) is 12.8 Å². The highest BCUT2D eigenvalue weighted by atomic mass is 32.2. The molecule has 2 aliphatic heterocycles. The van der Waals surface area contributed by atoms with Crippen LogP contribution in [-0.2, 0) is 21.2 Å². The van der Waals surface area contributed by atoms with Gasteiger partial charge in [0, 0.05) is 30.7 Å². The molecule has 4 rings (SSSR count). The number of carbonyl (C=O) groups is 1. The van der Waals surface area contributed by atoms with E-state index in [1.54, 1.807) is 16.4 Å². The number of nitrogens with zero attached hydrogens (tertiary/aromatic N) is 2. The molecule has 136 valence electrons. The molecular weight excluding hydrogens is 336 g/mol. The van der Waals surface area contributed by atoms with Crippen LogP contribution in [0.2, 0.25) is 0 Å². The van der Waals surface area contributed by atoms with Gasteiger partial charge in [0.15, 0.2) is 0 Å². The van der Waals surface area contributed by atoms with Gasteiger partial charge in [-0.2, -0.15) is 4.31 Å². The normalized spacial score (nSPS) is 24.8. The Morgan fingerprint density at radius 2 is 1.76 bits per heavy atom. The zero-order chi connectivity index (χ0) is 17.6. The first kappa shape index (κ1) is 17.0. The van der Waals surface area contributed by atoms with E-state index in [0.29, 0.717) is 18.0 Å². The highest BCUT2D eigenvalue weighted by molar-refractivity contribution is 7.89. The summed E-state index contributed by atoms with van der Waals surface area (Å²) in [5.74, 6) is 0.378. The molecule has 5 nitrogen and oxygen atoms in total. The molecule has 1 amide bonds. The number of fused-ring (bicyclic) bond motifs is 1. The van der Waals surface area contributed by atoms with Gasteiger partial charge in [-0.15, -0.1) is 0 Å². The first-order valence-corrected chi connectivity index (χ1v) is 10.9. The van der Waals surface area contributed by atoms with Crippen LogP contribution in [0, 0.1) is 5.92 Å². The average Bonchev–Trinajstić information content (AvgIpc) is 3.39. The summed E-state index contributed by atoms with van der Waals surface area (Å²) in [4.78, 5) is 14.8. The van der Waals surface area contributed by atoms with Crippen LogP contribution < -0.4 is 4.90 Å². The van der Waals surface area contributed by atoms with E-state index >= 15 is 0 Å². The van der Waals surface area contributed by atoms with Crippen LogP contribution in [0.4, 0.5) is 5.69 Å². The zero-order valence-corrected chi connectivity index (χ0v) is 15.6. The topological polar surface area (TPSA) is 57.7 Å². The number of hydrogen-bond donors (Lipinski definition) is 0. The van der Waals surface area contributed by atoms with E-state index in [1.165, 1.54) is 0 Å². The molecule has 0 radical (unpaired) electrons. The maximum Gasteiger partial charge on any atom is 0.243 e. The van der Waals surface area contributed by atoms with Crippen molar-refractivity contribution in [3.63, 3.8) is 0 Å². The largest absolute Gasteiger partial charge is 0.309 e. The van der Waals surface area contributed by atoms with Crippen molar-refractivity contribution in [1.29, 1.82) is 0 Å². The van der Waals surface area contributed by atoms with Crippen LogP contribution in [0.25, 0.3) is 0 Å². The molecule has 1 atom stereocenters. The van der Waals surface area contributed by atoms with Crippen molar-refractivity contribution >= 4 is 21.6 Å². The lowest BCUT2D eigenvalue weighted by Gasteiger charge is -2.23. The Morgan fingerprint density at radius 3 is 2.40 bits per heavy atom. The van der Waals surface area contributed by atoms with Crippen molar-refractivity contribution in [2.75, 3.05) is 18.0 Å². The molecule has 2 heterocycles. The third-order valence-corrected chi connectivity index (χ3v) is 7.53. The van der Waals surface area contributed by atoms with E-state index in [0.717, 1.165) is 56.2 Å². The summed E-state index contributed by atoms with van der Waals surface area (Å²) in [5, 5.41) is 0. The minimum atomic E-state index is -3.44. The molecule has 6 heteroatoms. The molecule has 1 saturated carbocycles. The fourth-order valence-electron chi connectivity index (χ4n) is 4.06. The van der Waals surface area contributed by atoms with Crippen molar-refractivity contribution in [2.24, 2.45) is 5.92 Å². The fourth-order valence-corrected chi connectivity index (χ4v) is 5.63. The highest BCUT2D eigenvalue weighted by Gasteiger charge is 2.40. The van der Waals surface area contributed by atoms with Gasteiger partial charge >= 0.3 is 0 Å². The van der Waals surface area contributed by atoms with Gasteiger partial charge in [-0.05, 0) is 62.8 Å². The second-order valence-electron chi connectivity index (χ2n) is 7.64. The third kappa shape index (κ3) is 3.10. The molecular formula is C19H26N2O3S. The Balaban J connectivity index is 1.63. The lowest BCUT2D eigenvalue weighted by molar-refractivity contribution is -0.120. The van der Waals surface area contributed by atoms with Gasteiger partial charge in [0.05, 0.1) is 4.90 Å².